The van der Waals surface area contributed by atoms with Crippen molar-refractivity contribution in [2.24, 2.45) is 0 Å². The van der Waals surface area contributed by atoms with Gasteiger partial charge in [-0.2, -0.15) is 0 Å². The summed E-state index contributed by atoms with van der Waals surface area (Å²) in [6.07, 6.45) is 0. The average molecular weight is 253 g/mol. The lowest BCUT2D eigenvalue weighted by Gasteiger charge is -2.03. The second-order valence-corrected chi connectivity index (χ2v) is 4.21. The van der Waals surface area contributed by atoms with Crippen molar-refractivity contribution in [3.8, 4) is 5.69 Å². The molecule has 0 aliphatic rings. The van der Waals surface area contributed by atoms with Gasteiger partial charge in [0.25, 0.3) is 0 Å². The molecule has 3 N–H and O–H groups in total. The summed E-state index contributed by atoms with van der Waals surface area (Å²) in [7, 11) is 0. The summed E-state index contributed by atoms with van der Waals surface area (Å²) in [6, 6.07) is 9.77. The van der Waals surface area contributed by atoms with Crippen LogP contribution in [0.25, 0.3) is 5.69 Å². The largest absolute Gasteiger partial charge is 0.395 e. The van der Waals surface area contributed by atoms with Crippen molar-refractivity contribution in [3.05, 3.63) is 45.7 Å². The summed E-state index contributed by atoms with van der Waals surface area (Å²) < 4.78 is 2.26. The molecule has 1 heterocycles. The maximum atomic E-state index is 6.11. The van der Waals surface area contributed by atoms with Crippen molar-refractivity contribution in [2.45, 2.75) is 6.92 Å². The molecule has 0 aliphatic heterocycles. The molecule has 0 aliphatic carbocycles. The van der Waals surface area contributed by atoms with E-state index in [1.807, 2.05) is 41.9 Å². The SMILES string of the molecule is Cc1c(Cl)c(N)c(=S)[nH][n+]1-c1ccccc1. The topological polar surface area (TPSA) is 45.7 Å². The van der Waals surface area contributed by atoms with E-state index in [9.17, 15) is 0 Å². The molecular weight excluding hydrogens is 242 g/mol. The molecule has 2 aromatic rings. The van der Waals surface area contributed by atoms with E-state index in [2.05, 4.69) is 5.10 Å². The van der Waals surface area contributed by atoms with E-state index < -0.39 is 0 Å². The number of nitrogens with one attached hydrogen (secondary N) is 1. The number of hydrogen-bond acceptors (Lipinski definition) is 2. The van der Waals surface area contributed by atoms with Gasteiger partial charge in [-0.1, -0.05) is 46.7 Å². The van der Waals surface area contributed by atoms with E-state index in [1.165, 1.54) is 0 Å². The maximum absolute atomic E-state index is 6.11. The Morgan fingerprint density at radius 3 is 2.56 bits per heavy atom. The number of halogens is 1. The first kappa shape index (κ1) is 11.1. The van der Waals surface area contributed by atoms with Crippen LogP contribution in [0.5, 0.6) is 0 Å². The number of nitrogens with two attached hydrogens (primary N) is 1. The van der Waals surface area contributed by atoms with E-state index in [4.69, 9.17) is 29.6 Å². The molecule has 0 atom stereocenters. The van der Waals surface area contributed by atoms with E-state index in [-0.39, 0.29) is 0 Å². The van der Waals surface area contributed by atoms with Gasteiger partial charge in [-0.05, 0) is 0 Å². The van der Waals surface area contributed by atoms with E-state index in [0.717, 1.165) is 11.4 Å². The lowest BCUT2D eigenvalue weighted by molar-refractivity contribution is -0.666. The number of H-pyrrole nitrogens is 1. The molecule has 2 rings (SSSR count). The second-order valence-electron chi connectivity index (χ2n) is 3.42. The number of hydrogen-bond donors (Lipinski definition) is 2. The van der Waals surface area contributed by atoms with Gasteiger partial charge < -0.3 is 5.73 Å². The predicted molar refractivity (Wildman–Crippen MR) is 67.3 cm³/mol. The van der Waals surface area contributed by atoms with Crippen LogP contribution in [0.3, 0.4) is 0 Å². The standard InChI is InChI=1S/C11H10ClN3S/c1-7-9(12)10(13)11(16)14-15(7)8-5-3-2-4-6-8/h2-6,13H,1H3,(H,14,16)/p+1. The van der Waals surface area contributed by atoms with Gasteiger partial charge in [0.15, 0.2) is 4.64 Å². The zero-order valence-electron chi connectivity index (χ0n) is 8.70. The van der Waals surface area contributed by atoms with Gasteiger partial charge in [-0.15, -0.1) is 5.10 Å². The van der Waals surface area contributed by atoms with Crippen molar-refractivity contribution in [3.63, 3.8) is 0 Å². The molecular formula is C11H11ClN3S+. The molecule has 5 heteroatoms. The van der Waals surface area contributed by atoms with Crippen LogP contribution in [0, 0.1) is 11.6 Å². The molecule has 0 saturated carbocycles. The summed E-state index contributed by atoms with van der Waals surface area (Å²) in [5.41, 5.74) is 7.96. The quantitative estimate of drug-likeness (QED) is 0.605. The molecule has 0 amide bonds. The summed E-state index contributed by atoms with van der Waals surface area (Å²) in [4.78, 5) is 0. The van der Waals surface area contributed by atoms with Crippen LogP contribution in [0.15, 0.2) is 30.3 Å². The van der Waals surface area contributed by atoms with Crippen LogP contribution < -0.4 is 10.4 Å². The fraction of sp³-hybridized carbons (Fsp3) is 0.0909. The Morgan fingerprint density at radius 1 is 1.31 bits per heavy atom. The summed E-state index contributed by atoms with van der Waals surface area (Å²) in [5, 5.41) is 3.52. The second kappa shape index (κ2) is 4.23. The molecule has 82 valence electrons. The molecule has 1 aromatic heterocycles. The summed E-state index contributed by atoms with van der Waals surface area (Å²) in [6.45, 7) is 1.89. The zero-order chi connectivity index (χ0) is 11.7. The monoisotopic (exact) mass is 252 g/mol. The highest BCUT2D eigenvalue weighted by Gasteiger charge is 2.17. The zero-order valence-corrected chi connectivity index (χ0v) is 10.3. The normalized spacial score (nSPS) is 10.4. The number of nitrogens with zero attached hydrogens (tertiary/aromatic N) is 1. The molecule has 3 nitrogen and oxygen atoms in total. The highest BCUT2D eigenvalue weighted by molar-refractivity contribution is 7.71. The third-order valence-corrected chi connectivity index (χ3v) is 3.15. The molecule has 0 fully saturated rings. The average Bonchev–Trinajstić information content (AvgIpc) is 2.32. The van der Waals surface area contributed by atoms with Gasteiger partial charge in [-0.25, -0.2) is 0 Å². The van der Waals surface area contributed by atoms with Crippen molar-refractivity contribution in [1.29, 1.82) is 0 Å². The fourth-order valence-electron chi connectivity index (χ4n) is 1.47. The number of nitrogen functional groups attached to an aromatic ring is 1. The first-order valence-corrected chi connectivity index (χ1v) is 5.55. The minimum absolute atomic E-state index is 0.418. The van der Waals surface area contributed by atoms with Gasteiger partial charge in [-0.3, -0.25) is 0 Å². The Balaban J connectivity index is 2.73. The van der Waals surface area contributed by atoms with Crippen LogP contribution in [-0.4, -0.2) is 5.10 Å². The Bertz CT molecular complexity index is 578. The van der Waals surface area contributed by atoms with Crippen LogP contribution in [-0.2, 0) is 0 Å². The van der Waals surface area contributed by atoms with Crippen molar-refractivity contribution in [2.75, 3.05) is 5.73 Å². The lowest BCUT2D eigenvalue weighted by Crippen LogP contribution is -2.39. The highest BCUT2D eigenvalue weighted by atomic mass is 35.5. The fourth-order valence-corrected chi connectivity index (χ4v) is 1.90. The lowest BCUT2D eigenvalue weighted by atomic mass is 10.3. The first-order chi connectivity index (χ1) is 7.61. The molecule has 0 radical (unpaired) electrons. The van der Waals surface area contributed by atoms with Crippen molar-refractivity contribution in [1.82, 2.24) is 5.10 Å². The summed E-state index contributed by atoms with van der Waals surface area (Å²) in [5.74, 6) is 0. The van der Waals surface area contributed by atoms with E-state index >= 15 is 0 Å². The van der Waals surface area contributed by atoms with Crippen molar-refractivity contribution >= 4 is 29.5 Å². The van der Waals surface area contributed by atoms with E-state index in [0.29, 0.717) is 15.4 Å². The Hall–Kier alpha value is -1.39. The molecule has 0 unspecified atom stereocenters. The van der Waals surface area contributed by atoms with Crippen LogP contribution in [0.2, 0.25) is 5.02 Å². The minimum atomic E-state index is 0.418. The number of aromatic nitrogens is 2. The molecule has 0 saturated heterocycles. The number of para-hydroxylation sites is 1. The number of benzene rings is 1. The number of rotatable bonds is 1. The van der Waals surface area contributed by atoms with Crippen LogP contribution in [0.4, 0.5) is 5.69 Å². The smallest absolute Gasteiger partial charge is 0.235 e. The van der Waals surface area contributed by atoms with Gasteiger partial charge in [0.1, 0.15) is 5.02 Å². The van der Waals surface area contributed by atoms with E-state index in [1.54, 1.807) is 0 Å². The molecule has 0 bridgehead atoms. The van der Waals surface area contributed by atoms with Crippen molar-refractivity contribution < 1.29 is 4.68 Å². The molecule has 0 spiro atoms. The Labute approximate surface area is 103 Å². The predicted octanol–water partition coefficient (Wildman–Crippen LogP) is 2.56. The number of anilines is 1. The third kappa shape index (κ3) is 1.81. The molecule has 1 aromatic carbocycles. The van der Waals surface area contributed by atoms with Gasteiger partial charge in [0, 0.05) is 19.1 Å². The van der Waals surface area contributed by atoms with Gasteiger partial charge >= 0.3 is 0 Å². The van der Waals surface area contributed by atoms with Gasteiger partial charge in [0.05, 0.1) is 5.69 Å². The Kier molecular flexibility index (Phi) is 2.94. The third-order valence-electron chi connectivity index (χ3n) is 2.36. The first-order valence-electron chi connectivity index (χ1n) is 4.76. The number of aromatic amines is 1. The van der Waals surface area contributed by atoms with Crippen LogP contribution >= 0.6 is 23.8 Å². The van der Waals surface area contributed by atoms with Gasteiger partial charge in [0.2, 0.25) is 11.4 Å². The summed E-state index contributed by atoms with van der Waals surface area (Å²) >= 11 is 11.2. The maximum Gasteiger partial charge on any atom is 0.235 e. The molecule has 16 heavy (non-hydrogen) atoms. The minimum Gasteiger partial charge on any atom is -0.395 e. The Morgan fingerprint density at radius 2 is 1.94 bits per heavy atom. The highest BCUT2D eigenvalue weighted by Crippen LogP contribution is 2.20. The van der Waals surface area contributed by atoms with Crippen LogP contribution in [0.1, 0.15) is 5.69 Å².